The minimum Gasteiger partial charge on any atom is -0.435 e. The molecule has 0 radical (unpaired) electrons. The summed E-state index contributed by atoms with van der Waals surface area (Å²) in [7, 11) is 0. The van der Waals surface area contributed by atoms with Gasteiger partial charge >= 0.3 is 13.2 Å². The predicted molar refractivity (Wildman–Crippen MR) is 93.4 cm³/mol. The molecule has 0 unspecified atom stereocenters. The van der Waals surface area contributed by atoms with E-state index in [4.69, 9.17) is 0 Å². The van der Waals surface area contributed by atoms with Gasteiger partial charge in [0.05, 0.1) is 17.1 Å². The number of hydrogen-bond acceptors (Lipinski definition) is 5. The van der Waals surface area contributed by atoms with Crippen molar-refractivity contribution in [3.8, 4) is 11.5 Å². The van der Waals surface area contributed by atoms with Crippen LogP contribution in [0.15, 0.2) is 52.4 Å². The summed E-state index contributed by atoms with van der Waals surface area (Å²) in [5, 5.41) is 4.32. The summed E-state index contributed by atoms with van der Waals surface area (Å²) in [5.74, 6) is -0.520. The maximum atomic E-state index is 12.6. The van der Waals surface area contributed by atoms with Crippen molar-refractivity contribution in [3.05, 3.63) is 64.2 Å². The van der Waals surface area contributed by atoms with Gasteiger partial charge in [-0.1, -0.05) is 12.1 Å². The summed E-state index contributed by atoms with van der Waals surface area (Å²) in [4.78, 5) is 16.8. The van der Waals surface area contributed by atoms with Gasteiger partial charge in [-0.05, 0) is 31.2 Å². The van der Waals surface area contributed by atoms with E-state index in [9.17, 15) is 22.4 Å². The number of alkyl halides is 4. The maximum absolute atomic E-state index is 12.6. The van der Waals surface area contributed by atoms with Crippen LogP contribution >= 0.6 is 0 Å². The van der Waals surface area contributed by atoms with E-state index in [0.29, 0.717) is 10.9 Å². The lowest BCUT2D eigenvalue weighted by atomic mass is 10.2. The van der Waals surface area contributed by atoms with Gasteiger partial charge in [-0.15, -0.1) is 0 Å². The van der Waals surface area contributed by atoms with Gasteiger partial charge in [0.25, 0.3) is 5.56 Å². The third-order valence-corrected chi connectivity index (χ3v) is 3.65. The molecule has 0 aliphatic carbocycles. The number of hydrogen-bond donors (Lipinski definition) is 0. The molecule has 0 atom stereocenters. The van der Waals surface area contributed by atoms with E-state index in [2.05, 4.69) is 19.6 Å². The van der Waals surface area contributed by atoms with Gasteiger partial charge in [-0.2, -0.15) is 27.3 Å². The molecule has 0 bridgehead atoms. The van der Waals surface area contributed by atoms with Crippen molar-refractivity contribution in [1.29, 1.82) is 0 Å². The molecule has 0 fully saturated rings. The van der Waals surface area contributed by atoms with Crippen LogP contribution in [0, 0.1) is 6.92 Å². The zero-order valence-electron chi connectivity index (χ0n) is 14.4. The summed E-state index contributed by atoms with van der Waals surface area (Å²) in [6.07, 6.45) is 1.09. The molecule has 6 nitrogen and oxygen atoms in total. The number of para-hydroxylation sites is 1. The number of nitrogens with zero attached hydrogens (tertiary/aromatic N) is 3. The minimum absolute atomic E-state index is 0.0291. The molecular weight excluding hydrogens is 382 g/mol. The predicted octanol–water partition coefficient (Wildman–Crippen LogP) is 3.79. The SMILES string of the molecule is Cc1nc2ccccc2c(=O)n1/N=C\c1ccc(OC(F)F)cc1OC(F)F. The van der Waals surface area contributed by atoms with Crippen LogP contribution in [0.1, 0.15) is 11.4 Å². The molecule has 28 heavy (non-hydrogen) atoms. The highest BCUT2D eigenvalue weighted by Gasteiger charge is 2.13. The quantitative estimate of drug-likeness (QED) is 0.471. The van der Waals surface area contributed by atoms with Crippen LogP contribution in [0.5, 0.6) is 11.5 Å². The number of aryl methyl sites for hydroxylation is 1. The highest BCUT2D eigenvalue weighted by Crippen LogP contribution is 2.26. The first-order valence-electron chi connectivity index (χ1n) is 7.91. The first-order chi connectivity index (χ1) is 13.3. The van der Waals surface area contributed by atoms with E-state index in [-0.39, 0.29) is 17.1 Å². The lowest BCUT2D eigenvalue weighted by Crippen LogP contribution is -2.20. The summed E-state index contributed by atoms with van der Waals surface area (Å²) < 4.78 is 59.4. The summed E-state index contributed by atoms with van der Waals surface area (Å²) >= 11 is 0. The number of fused-ring (bicyclic) bond motifs is 1. The second kappa shape index (κ2) is 8.07. The average Bonchev–Trinajstić information content (AvgIpc) is 2.62. The van der Waals surface area contributed by atoms with Crippen molar-refractivity contribution in [1.82, 2.24) is 9.66 Å². The highest BCUT2D eigenvalue weighted by atomic mass is 19.3. The Labute approximate surface area is 155 Å². The Bertz CT molecular complexity index is 1080. The van der Waals surface area contributed by atoms with Gasteiger partial charge in [-0.25, -0.2) is 4.98 Å². The number of halogens is 4. The first-order valence-corrected chi connectivity index (χ1v) is 7.91. The van der Waals surface area contributed by atoms with Crippen molar-refractivity contribution < 1.29 is 27.0 Å². The van der Waals surface area contributed by atoms with Crippen LogP contribution in [0.4, 0.5) is 17.6 Å². The highest BCUT2D eigenvalue weighted by molar-refractivity contribution is 5.84. The van der Waals surface area contributed by atoms with E-state index in [1.54, 1.807) is 31.2 Å². The van der Waals surface area contributed by atoms with Crippen LogP contribution in [0.2, 0.25) is 0 Å². The van der Waals surface area contributed by atoms with Crippen LogP contribution in [0.25, 0.3) is 10.9 Å². The topological polar surface area (TPSA) is 65.7 Å². The fourth-order valence-electron chi connectivity index (χ4n) is 2.49. The van der Waals surface area contributed by atoms with Crippen LogP contribution < -0.4 is 15.0 Å². The normalized spacial score (nSPS) is 11.7. The molecule has 1 heterocycles. The molecule has 1 aromatic heterocycles. The first kappa shape index (κ1) is 19.3. The fraction of sp³-hybridized carbons (Fsp3) is 0.167. The molecular formula is C18H13F4N3O3. The van der Waals surface area contributed by atoms with Crippen LogP contribution in [0.3, 0.4) is 0 Å². The molecule has 3 rings (SSSR count). The molecule has 0 aliphatic heterocycles. The standard InChI is InChI=1S/C18H13F4N3O3/c1-10-24-14-5-3-2-4-13(14)16(26)25(10)23-9-11-6-7-12(27-17(19)20)8-15(11)28-18(21)22/h2-9,17-18H,1H3/b23-9-. The zero-order chi connectivity index (χ0) is 20.3. The van der Waals surface area contributed by atoms with E-state index in [1.165, 1.54) is 6.07 Å². The Morgan fingerprint density at radius 1 is 1.07 bits per heavy atom. The van der Waals surface area contributed by atoms with Crippen molar-refractivity contribution in [2.45, 2.75) is 20.1 Å². The largest absolute Gasteiger partial charge is 0.435 e. The Balaban J connectivity index is 2.02. The minimum atomic E-state index is -3.19. The maximum Gasteiger partial charge on any atom is 0.387 e. The third kappa shape index (κ3) is 4.27. The van der Waals surface area contributed by atoms with Crippen molar-refractivity contribution in [3.63, 3.8) is 0 Å². The second-order valence-electron chi connectivity index (χ2n) is 5.49. The van der Waals surface area contributed by atoms with Gasteiger partial charge in [-0.3, -0.25) is 4.79 Å². The summed E-state index contributed by atoms with van der Waals surface area (Å²) in [5.41, 5.74) is 0.0707. The molecule has 0 aliphatic rings. The second-order valence-corrected chi connectivity index (χ2v) is 5.49. The van der Waals surface area contributed by atoms with E-state index < -0.39 is 24.5 Å². The molecule has 0 saturated heterocycles. The molecule has 2 aromatic carbocycles. The van der Waals surface area contributed by atoms with Crippen LogP contribution in [-0.2, 0) is 0 Å². The van der Waals surface area contributed by atoms with Crippen molar-refractivity contribution in [2.75, 3.05) is 0 Å². The molecule has 0 saturated carbocycles. The summed E-state index contributed by atoms with van der Waals surface area (Å²) in [6.45, 7) is -4.76. The Hall–Kier alpha value is -3.43. The Morgan fingerprint density at radius 3 is 2.50 bits per heavy atom. The number of rotatable bonds is 6. The monoisotopic (exact) mass is 395 g/mol. The van der Waals surface area contributed by atoms with E-state index in [0.717, 1.165) is 23.0 Å². The van der Waals surface area contributed by atoms with E-state index >= 15 is 0 Å². The van der Waals surface area contributed by atoms with Crippen LogP contribution in [-0.4, -0.2) is 29.1 Å². The summed E-state index contributed by atoms with van der Waals surface area (Å²) in [6, 6.07) is 9.89. The number of ether oxygens (including phenoxy) is 2. The molecule has 10 heteroatoms. The van der Waals surface area contributed by atoms with Gasteiger partial charge in [0.15, 0.2) is 0 Å². The molecule has 146 valence electrons. The molecule has 3 aromatic rings. The average molecular weight is 395 g/mol. The fourth-order valence-corrected chi connectivity index (χ4v) is 2.49. The zero-order valence-corrected chi connectivity index (χ0v) is 14.4. The lowest BCUT2D eigenvalue weighted by molar-refractivity contribution is -0.0543. The Kier molecular flexibility index (Phi) is 5.57. The number of benzene rings is 2. The molecule has 0 spiro atoms. The lowest BCUT2D eigenvalue weighted by Gasteiger charge is -2.11. The van der Waals surface area contributed by atoms with E-state index in [1.807, 2.05) is 0 Å². The van der Waals surface area contributed by atoms with Gasteiger partial charge in [0.2, 0.25) is 0 Å². The third-order valence-electron chi connectivity index (χ3n) is 3.65. The Morgan fingerprint density at radius 2 is 1.79 bits per heavy atom. The van der Waals surface area contributed by atoms with Gasteiger partial charge in [0, 0.05) is 11.6 Å². The van der Waals surface area contributed by atoms with Gasteiger partial charge in [0.1, 0.15) is 17.3 Å². The smallest absolute Gasteiger partial charge is 0.387 e. The van der Waals surface area contributed by atoms with Crippen molar-refractivity contribution in [2.24, 2.45) is 5.10 Å². The molecule has 0 N–H and O–H groups in total. The van der Waals surface area contributed by atoms with Gasteiger partial charge < -0.3 is 9.47 Å². The number of aromatic nitrogens is 2. The van der Waals surface area contributed by atoms with Crippen molar-refractivity contribution >= 4 is 17.1 Å². The molecule has 0 amide bonds.